The Kier molecular flexibility index (Phi) is 4.74. The van der Waals surface area contributed by atoms with Gasteiger partial charge in [0.05, 0.1) is 29.2 Å². The number of carboxylic acids is 1. The van der Waals surface area contributed by atoms with Gasteiger partial charge in [0.25, 0.3) is 0 Å². The predicted molar refractivity (Wildman–Crippen MR) is 97.9 cm³/mol. The third-order valence-corrected chi connectivity index (χ3v) is 5.96. The van der Waals surface area contributed by atoms with E-state index in [4.69, 9.17) is 0 Å². The number of aromatic nitrogens is 1. The fourth-order valence-corrected chi connectivity index (χ4v) is 4.61. The first-order valence-electron chi connectivity index (χ1n) is 8.83. The van der Waals surface area contributed by atoms with Crippen LogP contribution in [0.5, 0.6) is 0 Å². The summed E-state index contributed by atoms with van der Waals surface area (Å²) in [7, 11) is 0. The number of rotatable bonds is 5. The minimum absolute atomic E-state index is 0.00984. The van der Waals surface area contributed by atoms with E-state index in [1.807, 2.05) is 22.4 Å². The van der Waals surface area contributed by atoms with Gasteiger partial charge in [-0.25, -0.2) is 9.78 Å². The van der Waals surface area contributed by atoms with E-state index in [-0.39, 0.29) is 17.9 Å². The average Bonchev–Trinajstić information content (AvgIpc) is 3.01. The van der Waals surface area contributed by atoms with Gasteiger partial charge >= 0.3 is 5.97 Å². The van der Waals surface area contributed by atoms with Crippen molar-refractivity contribution in [3.63, 3.8) is 0 Å². The third kappa shape index (κ3) is 3.37. The summed E-state index contributed by atoms with van der Waals surface area (Å²) in [6.07, 6.45) is 1.91. The summed E-state index contributed by atoms with van der Waals surface area (Å²) >= 11 is 1.55. The van der Waals surface area contributed by atoms with Crippen LogP contribution in [0.4, 0.5) is 0 Å². The van der Waals surface area contributed by atoms with Crippen molar-refractivity contribution in [3.05, 3.63) is 52.0 Å². The Labute approximate surface area is 156 Å². The quantitative estimate of drug-likeness (QED) is 0.874. The van der Waals surface area contributed by atoms with Gasteiger partial charge in [-0.2, -0.15) is 0 Å². The first-order chi connectivity index (χ1) is 12.6. The van der Waals surface area contributed by atoms with Crippen molar-refractivity contribution in [1.29, 1.82) is 0 Å². The Morgan fingerprint density at radius 2 is 2.08 bits per heavy atom. The normalized spacial score (nSPS) is 23.2. The number of thiazole rings is 1. The monoisotopic (exact) mass is 371 g/mol. The number of hydrogen-bond donors (Lipinski definition) is 1. The molecular weight excluding hydrogens is 350 g/mol. The van der Waals surface area contributed by atoms with Crippen molar-refractivity contribution in [2.75, 3.05) is 13.1 Å². The maximum atomic E-state index is 12.9. The summed E-state index contributed by atoms with van der Waals surface area (Å²) in [5, 5.41) is 11.4. The second kappa shape index (κ2) is 7.17. The Morgan fingerprint density at radius 1 is 1.23 bits per heavy atom. The molecular formula is C19H21N3O3S. The molecule has 3 aliphatic rings. The molecule has 3 fully saturated rings. The Balaban J connectivity index is 1.53. The molecule has 1 amide bonds. The SMILES string of the molecule is O=C(O)c1ccccc1CN1C[C@@H]2CC[C@H](C1)N(Cc1cscn1)C2=O. The van der Waals surface area contributed by atoms with Gasteiger partial charge in [-0.15, -0.1) is 11.3 Å². The van der Waals surface area contributed by atoms with Gasteiger partial charge in [-0.1, -0.05) is 18.2 Å². The topological polar surface area (TPSA) is 73.7 Å². The van der Waals surface area contributed by atoms with Crippen LogP contribution in [0, 0.1) is 5.92 Å². The van der Waals surface area contributed by atoms with Gasteiger partial charge in [0.2, 0.25) is 5.91 Å². The molecule has 3 aliphatic heterocycles. The molecule has 0 spiro atoms. The lowest BCUT2D eigenvalue weighted by Gasteiger charge is -2.35. The van der Waals surface area contributed by atoms with Crippen LogP contribution in [0.1, 0.15) is 34.5 Å². The highest BCUT2D eigenvalue weighted by atomic mass is 32.1. The van der Waals surface area contributed by atoms with E-state index in [0.29, 0.717) is 25.2 Å². The molecule has 5 rings (SSSR count). The second-order valence-corrected chi connectivity index (χ2v) is 7.75. The molecule has 1 aromatic heterocycles. The number of amides is 1. The molecule has 2 atom stereocenters. The maximum Gasteiger partial charge on any atom is 0.336 e. The van der Waals surface area contributed by atoms with Crippen molar-refractivity contribution in [2.45, 2.75) is 32.0 Å². The van der Waals surface area contributed by atoms with Gasteiger partial charge < -0.3 is 10.0 Å². The Hall–Kier alpha value is -2.25. The molecule has 0 aliphatic carbocycles. The van der Waals surface area contributed by atoms with Crippen LogP contribution in [-0.2, 0) is 17.9 Å². The molecule has 4 heterocycles. The minimum atomic E-state index is -0.903. The molecule has 6 nitrogen and oxygen atoms in total. The van der Waals surface area contributed by atoms with Crippen LogP contribution in [0.2, 0.25) is 0 Å². The van der Waals surface area contributed by atoms with E-state index >= 15 is 0 Å². The predicted octanol–water partition coefficient (Wildman–Crippen LogP) is 2.46. The second-order valence-electron chi connectivity index (χ2n) is 7.03. The van der Waals surface area contributed by atoms with Crippen molar-refractivity contribution in [3.8, 4) is 0 Å². The molecule has 2 bridgehead atoms. The molecule has 3 saturated heterocycles. The number of fused-ring (bicyclic) bond motifs is 4. The number of carbonyl (C=O) groups excluding carboxylic acids is 1. The minimum Gasteiger partial charge on any atom is -0.478 e. The molecule has 136 valence electrons. The molecule has 2 aromatic rings. The Bertz CT molecular complexity index is 808. The zero-order valence-electron chi connectivity index (χ0n) is 14.4. The molecule has 1 N–H and O–H groups in total. The molecule has 0 radical (unpaired) electrons. The number of carboxylic acid groups (broad SMARTS) is 1. The number of piperidine rings is 1. The van der Waals surface area contributed by atoms with Crippen molar-refractivity contribution < 1.29 is 14.7 Å². The standard InChI is InChI=1S/C19H21N3O3S/c23-18-14-5-6-16(22(18)9-15-11-26-12-20-15)10-21(8-14)7-13-3-1-2-4-17(13)19(24)25/h1-4,11-12,14,16H,5-10H2,(H,24,25)/t14-,16+/m0/s1. The van der Waals surface area contributed by atoms with Gasteiger partial charge in [0.1, 0.15) is 0 Å². The average molecular weight is 371 g/mol. The van der Waals surface area contributed by atoms with E-state index in [1.54, 1.807) is 29.0 Å². The van der Waals surface area contributed by atoms with Crippen molar-refractivity contribution in [2.24, 2.45) is 5.92 Å². The lowest BCUT2D eigenvalue weighted by atomic mass is 9.94. The number of carbonyl (C=O) groups is 2. The van der Waals surface area contributed by atoms with E-state index in [1.165, 1.54) is 0 Å². The molecule has 1 aromatic carbocycles. The number of aromatic carboxylic acids is 1. The van der Waals surface area contributed by atoms with Crippen LogP contribution < -0.4 is 0 Å². The highest BCUT2D eigenvalue weighted by Crippen LogP contribution is 2.31. The number of benzene rings is 1. The highest BCUT2D eigenvalue weighted by Gasteiger charge is 2.40. The summed E-state index contributed by atoms with van der Waals surface area (Å²) in [5.74, 6) is -0.702. The first-order valence-corrected chi connectivity index (χ1v) is 9.77. The fourth-order valence-electron chi connectivity index (χ4n) is 4.06. The van der Waals surface area contributed by atoms with Crippen LogP contribution >= 0.6 is 11.3 Å². The molecule has 0 saturated carbocycles. The summed E-state index contributed by atoms with van der Waals surface area (Å²) in [4.78, 5) is 32.9. The molecule has 0 unspecified atom stereocenters. The van der Waals surface area contributed by atoms with Crippen LogP contribution in [-0.4, -0.2) is 50.9 Å². The van der Waals surface area contributed by atoms with Gasteiger partial charge in [-0.3, -0.25) is 9.69 Å². The van der Waals surface area contributed by atoms with E-state index in [9.17, 15) is 14.7 Å². The van der Waals surface area contributed by atoms with Crippen molar-refractivity contribution in [1.82, 2.24) is 14.8 Å². The summed E-state index contributed by atoms with van der Waals surface area (Å²) < 4.78 is 0. The van der Waals surface area contributed by atoms with Gasteiger partial charge in [0.15, 0.2) is 0 Å². The zero-order chi connectivity index (χ0) is 18.1. The lowest BCUT2D eigenvalue weighted by Crippen LogP contribution is -2.47. The largest absolute Gasteiger partial charge is 0.478 e. The smallest absolute Gasteiger partial charge is 0.336 e. The molecule has 7 heteroatoms. The maximum absolute atomic E-state index is 12.9. The zero-order valence-corrected chi connectivity index (χ0v) is 15.2. The van der Waals surface area contributed by atoms with E-state index < -0.39 is 5.97 Å². The number of nitrogens with zero attached hydrogens (tertiary/aromatic N) is 3. The number of hydrogen-bond acceptors (Lipinski definition) is 5. The van der Waals surface area contributed by atoms with E-state index in [0.717, 1.165) is 30.6 Å². The lowest BCUT2D eigenvalue weighted by molar-refractivity contribution is -0.140. The van der Waals surface area contributed by atoms with Gasteiger partial charge in [0, 0.05) is 31.1 Å². The summed E-state index contributed by atoms with van der Waals surface area (Å²) in [5.41, 5.74) is 3.89. The van der Waals surface area contributed by atoms with Crippen LogP contribution in [0.15, 0.2) is 35.2 Å². The summed E-state index contributed by atoms with van der Waals surface area (Å²) in [6.45, 7) is 2.60. The first kappa shape index (κ1) is 17.2. The van der Waals surface area contributed by atoms with Crippen molar-refractivity contribution >= 4 is 23.2 Å². The fraction of sp³-hybridized carbons (Fsp3) is 0.421. The Morgan fingerprint density at radius 3 is 2.85 bits per heavy atom. The van der Waals surface area contributed by atoms with Gasteiger partial charge in [-0.05, 0) is 24.5 Å². The highest BCUT2D eigenvalue weighted by molar-refractivity contribution is 7.07. The summed E-state index contributed by atoms with van der Waals surface area (Å²) in [6, 6.07) is 7.29. The molecule has 26 heavy (non-hydrogen) atoms. The van der Waals surface area contributed by atoms with Crippen LogP contribution in [0.25, 0.3) is 0 Å². The van der Waals surface area contributed by atoms with Crippen LogP contribution in [0.3, 0.4) is 0 Å². The van der Waals surface area contributed by atoms with E-state index in [2.05, 4.69) is 9.88 Å². The third-order valence-electron chi connectivity index (χ3n) is 5.33.